The molecule has 0 radical (unpaired) electrons. The lowest BCUT2D eigenvalue weighted by Crippen LogP contribution is -2.37. The van der Waals surface area contributed by atoms with Gasteiger partial charge in [0.05, 0.1) is 11.9 Å². The van der Waals surface area contributed by atoms with Gasteiger partial charge < -0.3 is 9.80 Å². The fourth-order valence-electron chi connectivity index (χ4n) is 3.99. The van der Waals surface area contributed by atoms with Crippen LogP contribution in [0.15, 0.2) is 60.9 Å². The molecule has 0 bridgehead atoms. The molecule has 0 unspecified atom stereocenters. The van der Waals surface area contributed by atoms with Gasteiger partial charge in [0.2, 0.25) is 0 Å². The molecule has 1 heterocycles. The second-order valence-electron chi connectivity index (χ2n) is 8.07. The van der Waals surface area contributed by atoms with Crippen LogP contribution in [0.2, 0.25) is 0 Å². The van der Waals surface area contributed by atoms with E-state index in [-0.39, 0.29) is 5.91 Å². The Kier molecular flexibility index (Phi) is 5.91. The first-order chi connectivity index (χ1) is 14.2. The Hall–Kier alpha value is -2.72. The van der Waals surface area contributed by atoms with Crippen molar-refractivity contribution in [2.45, 2.75) is 32.7 Å². The first-order valence-corrected chi connectivity index (χ1v) is 10.6. The van der Waals surface area contributed by atoms with E-state index in [1.165, 1.54) is 24.8 Å². The van der Waals surface area contributed by atoms with Crippen LogP contribution < -0.4 is 4.90 Å². The zero-order valence-electron chi connectivity index (χ0n) is 17.3. The first-order valence-electron chi connectivity index (χ1n) is 10.6. The van der Waals surface area contributed by atoms with Crippen molar-refractivity contribution >= 4 is 22.4 Å². The van der Waals surface area contributed by atoms with Crippen molar-refractivity contribution < 1.29 is 4.79 Å². The minimum Gasteiger partial charge on any atom is -0.307 e. The van der Waals surface area contributed by atoms with Crippen LogP contribution in [-0.2, 0) is 6.54 Å². The third-order valence-electron chi connectivity index (χ3n) is 6.09. The number of hydrogen-bond acceptors (Lipinski definition) is 3. The summed E-state index contributed by atoms with van der Waals surface area (Å²) in [6.45, 7) is 4.79. The zero-order valence-corrected chi connectivity index (χ0v) is 17.3. The van der Waals surface area contributed by atoms with Gasteiger partial charge in [0.1, 0.15) is 0 Å². The molecule has 4 rings (SSSR count). The Morgan fingerprint density at radius 3 is 2.52 bits per heavy atom. The summed E-state index contributed by atoms with van der Waals surface area (Å²) in [5, 5.41) is 2.19. The molecule has 0 N–H and O–H groups in total. The van der Waals surface area contributed by atoms with E-state index in [2.05, 4.69) is 48.1 Å². The van der Waals surface area contributed by atoms with Crippen molar-refractivity contribution in [3.05, 3.63) is 72.1 Å². The molecule has 4 heteroatoms. The summed E-state index contributed by atoms with van der Waals surface area (Å²) < 4.78 is 0. The van der Waals surface area contributed by atoms with Crippen LogP contribution in [0.25, 0.3) is 10.8 Å². The van der Waals surface area contributed by atoms with Gasteiger partial charge >= 0.3 is 0 Å². The van der Waals surface area contributed by atoms with E-state index in [9.17, 15) is 4.79 Å². The fraction of sp³-hybridized carbons (Fsp3) is 0.360. The van der Waals surface area contributed by atoms with E-state index in [0.717, 1.165) is 41.7 Å². The minimum absolute atomic E-state index is 0.0662. The Bertz CT molecular complexity index is 982. The van der Waals surface area contributed by atoms with Gasteiger partial charge in [-0.05, 0) is 66.9 Å². The number of carbonyl (C=O) groups excluding carboxylic acids is 1. The molecule has 0 atom stereocenters. The van der Waals surface area contributed by atoms with Crippen molar-refractivity contribution in [1.29, 1.82) is 0 Å². The number of carbonyl (C=O) groups is 1. The molecule has 1 fully saturated rings. The molecule has 2 aromatic carbocycles. The molecule has 0 spiro atoms. The average Bonchev–Trinajstić information content (AvgIpc) is 2.73. The number of nitrogens with zero attached hydrogens (tertiary/aromatic N) is 3. The van der Waals surface area contributed by atoms with Gasteiger partial charge in [-0.3, -0.25) is 9.78 Å². The summed E-state index contributed by atoms with van der Waals surface area (Å²) >= 11 is 0. The van der Waals surface area contributed by atoms with E-state index in [0.29, 0.717) is 5.92 Å². The molecule has 29 heavy (non-hydrogen) atoms. The summed E-state index contributed by atoms with van der Waals surface area (Å²) in [4.78, 5) is 22.2. The molecular formula is C25H29N3O. The molecule has 1 saturated carbocycles. The van der Waals surface area contributed by atoms with Crippen molar-refractivity contribution in [3.63, 3.8) is 0 Å². The summed E-state index contributed by atoms with van der Waals surface area (Å²) in [6, 6.07) is 16.3. The number of amides is 1. The maximum absolute atomic E-state index is 13.7. The number of aromatic nitrogens is 1. The molecule has 0 saturated heterocycles. The highest BCUT2D eigenvalue weighted by molar-refractivity contribution is 6.14. The number of benzene rings is 2. The van der Waals surface area contributed by atoms with Crippen LogP contribution in [-0.4, -0.2) is 35.9 Å². The van der Waals surface area contributed by atoms with Gasteiger partial charge in [0.15, 0.2) is 0 Å². The third-order valence-corrected chi connectivity index (χ3v) is 6.09. The lowest BCUT2D eigenvalue weighted by Gasteiger charge is -2.32. The molecular weight excluding hydrogens is 358 g/mol. The average molecular weight is 388 g/mol. The number of pyridine rings is 1. The second kappa shape index (κ2) is 8.75. The molecule has 4 nitrogen and oxygen atoms in total. The molecule has 1 aliphatic rings. The topological polar surface area (TPSA) is 36.4 Å². The van der Waals surface area contributed by atoms with Crippen LogP contribution in [0.3, 0.4) is 0 Å². The maximum Gasteiger partial charge on any atom is 0.258 e. The van der Waals surface area contributed by atoms with Crippen molar-refractivity contribution in [2.24, 2.45) is 5.92 Å². The van der Waals surface area contributed by atoms with Gasteiger partial charge in [-0.1, -0.05) is 43.7 Å². The SMILES string of the molecule is CCN(C)Cc1ccc(C(=O)N(CC2CCC2)c2cccnc2)c2ccccc12. The summed E-state index contributed by atoms with van der Waals surface area (Å²) in [5.74, 6) is 0.652. The van der Waals surface area contributed by atoms with Crippen LogP contribution in [0, 0.1) is 5.92 Å². The third kappa shape index (κ3) is 4.18. The highest BCUT2D eigenvalue weighted by Gasteiger charge is 2.26. The maximum atomic E-state index is 13.7. The Morgan fingerprint density at radius 2 is 1.86 bits per heavy atom. The first kappa shape index (κ1) is 19.6. The standard InChI is InChI=1S/C25H29N3O/c1-3-27(2)18-20-13-14-24(23-12-5-4-11-22(20)23)25(29)28(17-19-8-6-9-19)21-10-7-15-26-16-21/h4-5,7,10-16,19H,3,6,8-9,17-18H2,1-2H3. The summed E-state index contributed by atoms with van der Waals surface area (Å²) in [6.07, 6.45) is 7.22. The molecule has 1 amide bonds. The molecule has 3 aromatic rings. The highest BCUT2D eigenvalue weighted by Crippen LogP contribution is 2.31. The summed E-state index contributed by atoms with van der Waals surface area (Å²) in [5.41, 5.74) is 2.91. The molecule has 150 valence electrons. The van der Waals surface area contributed by atoms with E-state index in [1.54, 1.807) is 12.4 Å². The minimum atomic E-state index is 0.0662. The highest BCUT2D eigenvalue weighted by atomic mass is 16.2. The quantitative estimate of drug-likeness (QED) is 0.564. The van der Waals surface area contributed by atoms with E-state index in [1.807, 2.05) is 29.2 Å². The van der Waals surface area contributed by atoms with Gasteiger partial charge in [-0.15, -0.1) is 0 Å². The van der Waals surface area contributed by atoms with Crippen molar-refractivity contribution in [3.8, 4) is 0 Å². The number of anilines is 1. The molecule has 0 aliphatic heterocycles. The van der Waals surface area contributed by atoms with Gasteiger partial charge in [-0.2, -0.15) is 0 Å². The Labute approximate surface area is 173 Å². The van der Waals surface area contributed by atoms with Gasteiger partial charge in [0, 0.05) is 24.8 Å². The normalized spacial score (nSPS) is 14.2. The van der Waals surface area contributed by atoms with Crippen molar-refractivity contribution in [2.75, 3.05) is 25.0 Å². The predicted molar refractivity (Wildman–Crippen MR) is 119 cm³/mol. The fourth-order valence-corrected chi connectivity index (χ4v) is 3.99. The van der Waals surface area contributed by atoms with Crippen LogP contribution in [0.1, 0.15) is 42.1 Å². The largest absolute Gasteiger partial charge is 0.307 e. The monoisotopic (exact) mass is 387 g/mol. The van der Waals surface area contributed by atoms with E-state index >= 15 is 0 Å². The van der Waals surface area contributed by atoms with Crippen LogP contribution >= 0.6 is 0 Å². The number of rotatable bonds is 7. The lowest BCUT2D eigenvalue weighted by molar-refractivity contribution is 0.0979. The van der Waals surface area contributed by atoms with Crippen LogP contribution in [0.4, 0.5) is 5.69 Å². The lowest BCUT2D eigenvalue weighted by atomic mass is 9.85. The number of hydrogen-bond donors (Lipinski definition) is 0. The summed E-state index contributed by atoms with van der Waals surface area (Å²) in [7, 11) is 2.12. The Morgan fingerprint density at radius 1 is 1.07 bits per heavy atom. The van der Waals surface area contributed by atoms with Crippen molar-refractivity contribution in [1.82, 2.24) is 9.88 Å². The van der Waals surface area contributed by atoms with E-state index in [4.69, 9.17) is 0 Å². The van der Waals surface area contributed by atoms with E-state index < -0.39 is 0 Å². The smallest absolute Gasteiger partial charge is 0.258 e. The van der Waals surface area contributed by atoms with Gasteiger partial charge in [-0.25, -0.2) is 0 Å². The zero-order chi connectivity index (χ0) is 20.2. The number of fused-ring (bicyclic) bond motifs is 1. The Balaban J connectivity index is 1.73. The molecule has 1 aliphatic carbocycles. The predicted octanol–water partition coefficient (Wildman–Crippen LogP) is 5.13. The van der Waals surface area contributed by atoms with Gasteiger partial charge in [0.25, 0.3) is 5.91 Å². The molecule has 1 aromatic heterocycles. The van der Waals surface area contributed by atoms with Crippen LogP contribution in [0.5, 0.6) is 0 Å². The second-order valence-corrected chi connectivity index (χ2v) is 8.07.